The van der Waals surface area contributed by atoms with Crippen molar-refractivity contribution in [1.82, 2.24) is 10.1 Å². The van der Waals surface area contributed by atoms with E-state index in [1.54, 1.807) is 42.4 Å². The molecule has 2 aromatic carbocycles. The Balaban J connectivity index is 1.58. The van der Waals surface area contributed by atoms with Crippen LogP contribution in [0.3, 0.4) is 0 Å². The molecule has 0 N–H and O–H groups in total. The van der Waals surface area contributed by atoms with E-state index in [0.29, 0.717) is 41.7 Å². The van der Waals surface area contributed by atoms with Gasteiger partial charge in [0.05, 0.1) is 12.8 Å². The van der Waals surface area contributed by atoms with Crippen molar-refractivity contribution in [1.29, 1.82) is 0 Å². The van der Waals surface area contributed by atoms with Gasteiger partial charge in [-0.1, -0.05) is 55.4 Å². The lowest BCUT2D eigenvalue weighted by atomic mass is 10.0. The van der Waals surface area contributed by atoms with Gasteiger partial charge in [-0.15, -0.1) is 0 Å². The van der Waals surface area contributed by atoms with Crippen LogP contribution in [0, 0.1) is 12.7 Å². The number of rotatable bonds is 7. The van der Waals surface area contributed by atoms with Gasteiger partial charge >= 0.3 is 0 Å². The van der Waals surface area contributed by atoms with Gasteiger partial charge in [0.15, 0.2) is 11.5 Å². The summed E-state index contributed by atoms with van der Waals surface area (Å²) in [5.74, 6) is 0.811. The van der Waals surface area contributed by atoms with E-state index >= 15 is 0 Å². The zero-order valence-electron chi connectivity index (χ0n) is 18.3. The monoisotopic (exact) mass is 432 g/mol. The first-order valence-corrected chi connectivity index (χ1v) is 10.5. The average molecular weight is 432 g/mol. The summed E-state index contributed by atoms with van der Waals surface area (Å²) in [5.41, 5.74) is 3.47. The van der Waals surface area contributed by atoms with Crippen molar-refractivity contribution in [2.75, 3.05) is 0 Å². The number of hydrogen-bond acceptors (Lipinski definition) is 4. The minimum atomic E-state index is -0.337. The molecule has 0 radical (unpaired) electrons. The normalized spacial score (nSPS) is 11.2. The Morgan fingerprint density at radius 3 is 2.50 bits per heavy atom. The van der Waals surface area contributed by atoms with Crippen LogP contribution in [0.15, 0.2) is 75.9 Å². The van der Waals surface area contributed by atoms with Crippen LogP contribution < -0.4 is 0 Å². The van der Waals surface area contributed by atoms with E-state index in [4.69, 9.17) is 8.94 Å². The molecule has 164 valence electrons. The van der Waals surface area contributed by atoms with Crippen LogP contribution in [0.1, 0.15) is 52.7 Å². The van der Waals surface area contributed by atoms with Crippen LogP contribution in [0.2, 0.25) is 0 Å². The molecular formula is C26H25FN2O3. The number of furan rings is 1. The molecule has 0 saturated heterocycles. The number of benzene rings is 2. The fourth-order valence-corrected chi connectivity index (χ4v) is 3.44. The van der Waals surface area contributed by atoms with Crippen molar-refractivity contribution in [3.63, 3.8) is 0 Å². The van der Waals surface area contributed by atoms with Crippen molar-refractivity contribution in [3.05, 3.63) is 101 Å². The number of carbonyl (C=O) groups excluding carboxylic acids is 1. The summed E-state index contributed by atoms with van der Waals surface area (Å²) in [6, 6.07) is 18.2. The third-order valence-electron chi connectivity index (χ3n) is 5.42. The fraction of sp³-hybridized carbons (Fsp3) is 0.231. The van der Waals surface area contributed by atoms with Crippen molar-refractivity contribution in [2.24, 2.45) is 0 Å². The number of nitrogens with zero attached hydrogens (tertiary/aromatic N) is 2. The van der Waals surface area contributed by atoms with E-state index < -0.39 is 0 Å². The van der Waals surface area contributed by atoms with Gasteiger partial charge in [0.25, 0.3) is 5.91 Å². The summed E-state index contributed by atoms with van der Waals surface area (Å²) >= 11 is 0. The van der Waals surface area contributed by atoms with Crippen LogP contribution >= 0.6 is 0 Å². The van der Waals surface area contributed by atoms with Gasteiger partial charge in [-0.25, -0.2) is 4.39 Å². The molecule has 0 atom stereocenters. The van der Waals surface area contributed by atoms with Gasteiger partial charge in [0.1, 0.15) is 11.6 Å². The van der Waals surface area contributed by atoms with Crippen LogP contribution in [0.5, 0.6) is 0 Å². The fourth-order valence-electron chi connectivity index (χ4n) is 3.44. The molecule has 2 heterocycles. The Hall–Kier alpha value is -3.67. The van der Waals surface area contributed by atoms with Gasteiger partial charge < -0.3 is 13.8 Å². The molecule has 2 aromatic heterocycles. The Bertz CT molecular complexity index is 1190. The summed E-state index contributed by atoms with van der Waals surface area (Å²) < 4.78 is 24.8. The molecule has 6 heteroatoms. The lowest BCUT2D eigenvalue weighted by molar-refractivity contribution is 0.0707. The molecule has 4 aromatic rings. The van der Waals surface area contributed by atoms with Crippen LogP contribution in [-0.2, 0) is 13.1 Å². The van der Waals surface area contributed by atoms with Crippen molar-refractivity contribution >= 4 is 5.91 Å². The van der Waals surface area contributed by atoms with E-state index in [1.165, 1.54) is 11.6 Å². The van der Waals surface area contributed by atoms with Crippen molar-refractivity contribution in [3.8, 4) is 11.3 Å². The highest BCUT2D eigenvalue weighted by Crippen LogP contribution is 2.24. The maximum absolute atomic E-state index is 13.9. The number of carbonyl (C=O) groups is 1. The topological polar surface area (TPSA) is 59.5 Å². The lowest BCUT2D eigenvalue weighted by Gasteiger charge is -2.21. The highest BCUT2D eigenvalue weighted by Gasteiger charge is 2.22. The van der Waals surface area contributed by atoms with Crippen molar-refractivity contribution < 1.29 is 18.1 Å². The van der Waals surface area contributed by atoms with Gasteiger partial charge in [0, 0.05) is 18.2 Å². The first-order valence-electron chi connectivity index (χ1n) is 10.5. The standard InChI is InChI=1S/C26H25FN2O3/c1-17(2)20-10-7-19(8-11-20)15-29(16-22-5-4-12-31-22)26(30)24-14-25(32-28-24)21-9-6-18(3)23(27)13-21/h4-14,17H,15-16H2,1-3H3. The Labute approximate surface area is 186 Å². The minimum absolute atomic E-state index is 0.159. The molecule has 0 aliphatic heterocycles. The molecule has 4 rings (SSSR count). The third kappa shape index (κ3) is 4.80. The van der Waals surface area contributed by atoms with Crippen molar-refractivity contribution in [2.45, 2.75) is 39.8 Å². The predicted molar refractivity (Wildman–Crippen MR) is 119 cm³/mol. The molecular weight excluding hydrogens is 407 g/mol. The first kappa shape index (κ1) is 21.6. The summed E-state index contributed by atoms with van der Waals surface area (Å²) in [7, 11) is 0. The second-order valence-corrected chi connectivity index (χ2v) is 8.18. The van der Waals surface area contributed by atoms with E-state index in [-0.39, 0.29) is 17.4 Å². The molecule has 0 aliphatic rings. The van der Waals surface area contributed by atoms with E-state index in [2.05, 4.69) is 31.1 Å². The van der Waals surface area contributed by atoms with Crippen LogP contribution in [0.25, 0.3) is 11.3 Å². The van der Waals surface area contributed by atoms with Gasteiger partial charge in [-0.2, -0.15) is 0 Å². The number of aryl methyl sites for hydroxylation is 1. The minimum Gasteiger partial charge on any atom is -0.467 e. The second kappa shape index (κ2) is 9.22. The average Bonchev–Trinajstić information content (AvgIpc) is 3.47. The number of aromatic nitrogens is 1. The van der Waals surface area contributed by atoms with E-state index in [0.717, 1.165) is 5.56 Å². The molecule has 0 saturated carbocycles. The van der Waals surface area contributed by atoms with Gasteiger partial charge in [0.2, 0.25) is 0 Å². The predicted octanol–water partition coefficient (Wildman–Crippen LogP) is 6.35. The van der Waals surface area contributed by atoms with Gasteiger partial charge in [-0.3, -0.25) is 4.79 Å². The third-order valence-corrected chi connectivity index (χ3v) is 5.42. The number of amides is 1. The molecule has 0 bridgehead atoms. The molecule has 0 unspecified atom stereocenters. The van der Waals surface area contributed by atoms with Crippen LogP contribution in [-0.4, -0.2) is 16.0 Å². The summed E-state index contributed by atoms with van der Waals surface area (Å²) in [6.07, 6.45) is 1.58. The Morgan fingerprint density at radius 1 is 1.06 bits per heavy atom. The number of hydrogen-bond donors (Lipinski definition) is 0. The molecule has 0 fully saturated rings. The largest absolute Gasteiger partial charge is 0.467 e. The zero-order chi connectivity index (χ0) is 22.7. The zero-order valence-corrected chi connectivity index (χ0v) is 18.3. The Morgan fingerprint density at radius 2 is 1.84 bits per heavy atom. The smallest absolute Gasteiger partial charge is 0.276 e. The highest BCUT2D eigenvalue weighted by molar-refractivity contribution is 5.93. The lowest BCUT2D eigenvalue weighted by Crippen LogP contribution is -2.30. The quantitative estimate of drug-likeness (QED) is 0.341. The van der Waals surface area contributed by atoms with E-state index in [1.807, 2.05) is 18.2 Å². The summed E-state index contributed by atoms with van der Waals surface area (Å²) in [6.45, 7) is 6.65. The highest BCUT2D eigenvalue weighted by atomic mass is 19.1. The molecule has 5 nitrogen and oxygen atoms in total. The van der Waals surface area contributed by atoms with Gasteiger partial charge in [-0.05, 0) is 47.7 Å². The second-order valence-electron chi connectivity index (χ2n) is 8.18. The molecule has 0 aliphatic carbocycles. The summed E-state index contributed by atoms with van der Waals surface area (Å²) in [4.78, 5) is 15.0. The maximum Gasteiger partial charge on any atom is 0.276 e. The number of halogens is 1. The first-order chi connectivity index (χ1) is 15.4. The Kier molecular flexibility index (Phi) is 6.21. The maximum atomic E-state index is 13.9. The molecule has 0 spiro atoms. The van der Waals surface area contributed by atoms with Crippen LogP contribution in [0.4, 0.5) is 4.39 Å². The summed E-state index contributed by atoms with van der Waals surface area (Å²) in [5, 5.41) is 3.95. The van der Waals surface area contributed by atoms with E-state index in [9.17, 15) is 9.18 Å². The molecule has 1 amide bonds. The SMILES string of the molecule is Cc1ccc(-c2cc(C(=O)N(Cc3ccc(C(C)C)cc3)Cc3ccco3)no2)cc1F. The molecule has 32 heavy (non-hydrogen) atoms.